The predicted octanol–water partition coefficient (Wildman–Crippen LogP) is 0.168. The average Bonchev–Trinajstić information content (AvgIpc) is 3.14. The molecule has 1 fully saturated rings. The molecule has 5 atom stereocenters. The molecule has 4 N–H and O–H groups in total. The largest absolute Gasteiger partial charge is 0.495 e. The van der Waals surface area contributed by atoms with Gasteiger partial charge in [-0.25, -0.2) is 4.98 Å². The van der Waals surface area contributed by atoms with Crippen molar-refractivity contribution in [1.82, 2.24) is 4.98 Å². The third-order valence-electron chi connectivity index (χ3n) is 4.63. The minimum Gasteiger partial charge on any atom is -0.495 e. The topological polar surface area (TPSA) is 135 Å². The highest BCUT2D eigenvalue weighted by Gasteiger charge is 2.44. The fraction of sp³-hybridized carbons (Fsp3) is 0.389. The quantitative estimate of drug-likeness (QED) is 0.502. The van der Waals surface area contributed by atoms with Gasteiger partial charge in [0.1, 0.15) is 35.9 Å². The van der Waals surface area contributed by atoms with Gasteiger partial charge in [0.25, 0.3) is 0 Å². The minimum atomic E-state index is -1.51. The number of furan rings is 1. The number of methoxy groups -OCH3 is 1. The summed E-state index contributed by atoms with van der Waals surface area (Å²) >= 11 is 0. The van der Waals surface area contributed by atoms with Gasteiger partial charge in [0.2, 0.25) is 12.0 Å². The lowest BCUT2D eigenvalue weighted by molar-refractivity contribution is -0.277. The maximum absolute atomic E-state index is 10.1. The molecule has 3 aromatic rings. The standard InChI is InChI=1S/C18H19NO8/c1-24-16-9-3-2-8(6-11(9)19-17-10(16)4-5-25-17)26-18-15(23)14(22)13(21)12(7-20)27-18/h2-6,12-15,18,20-23H,7H2,1H3/t12-,13-,14+,15+,18-/m1/s1. The molecule has 3 heterocycles. The van der Waals surface area contributed by atoms with Crippen LogP contribution in [0, 0.1) is 0 Å². The lowest BCUT2D eigenvalue weighted by Crippen LogP contribution is -2.60. The SMILES string of the molecule is COc1c2ccc(O[C@@H]3O[C@H](CO)[C@@H](O)[C@H](O)[C@@H]3O)cc2nc2occc12. The van der Waals surface area contributed by atoms with Gasteiger partial charge in [-0.1, -0.05) is 0 Å². The number of aliphatic hydroxyl groups is 4. The molecule has 27 heavy (non-hydrogen) atoms. The highest BCUT2D eigenvalue weighted by Crippen LogP contribution is 2.35. The number of ether oxygens (including phenoxy) is 3. The van der Waals surface area contributed by atoms with Crippen LogP contribution < -0.4 is 9.47 Å². The highest BCUT2D eigenvalue weighted by atomic mass is 16.7. The number of fused-ring (bicyclic) bond motifs is 2. The maximum atomic E-state index is 10.1. The van der Waals surface area contributed by atoms with E-state index in [1.54, 1.807) is 31.4 Å². The zero-order chi connectivity index (χ0) is 19.1. The molecule has 1 saturated heterocycles. The second-order valence-electron chi connectivity index (χ2n) is 6.28. The lowest BCUT2D eigenvalue weighted by Gasteiger charge is -2.39. The number of pyridine rings is 1. The first kappa shape index (κ1) is 18.0. The smallest absolute Gasteiger partial charge is 0.230 e. The van der Waals surface area contributed by atoms with Gasteiger partial charge in [0.15, 0.2) is 0 Å². The monoisotopic (exact) mass is 377 g/mol. The summed E-state index contributed by atoms with van der Waals surface area (Å²) in [5.74, 6) is 0.926. The van der Waals surface area contributed by atoms with E-state index in [9.17, 15) is 20.4 Å². The van der Waals surface area contributed by atoms with Crippen LogP contribution in [0.15, 0.2) is 34.9 Å². The molecule has 0 aliphatic carbocycles. The molecule has 9 heteroatoms. The predicted molar refractivity (Wildman–Crippen MR) is 92.5 cm³/mol. The zero-order valence-corrected chi connectivity index (χ0v) is 14.3. The van der Waals surface area contributed by atoms with E-state index in [1.165, 1.54) is 6.26 Å². The Morgan fingerprint density at radius 3 is 2.63 bits per heavy atom. The third kappa shape index (κ3) is 2.99. The van der Waals surface area contributed by atoms with Gasteiger partial charge >= 0.3 is 0 Å². The van der Waals surface area contributed by atoms with E-state index < -0.39 is 37.3 Å². The molecule has 0 bridgehead atoms. The van der Waals surface area contributed by atoms with Gasteiger partial charge in [-0.3, -0.25) is 0 Å². The number of benzene rings is 1. The van der Waals surface area contributed by atoms with Crippen molar-refractivity contribution in [3.8, 4) is 11.5 Å². The fourth-order valence-corrected chi connectivity index (χ4v) is 3.20. The van der Waals surface area contributed by atoms with Crippen molar-refractivity contribution in [3.05, 3.63) is 30.5 Å². The first-order chi connectivity index (χ1) is 13.0. The van der Waals surface area contributed by atoms with Crippen molar-refractivity contribution in [2.24, 2.45) is 0 Å². The van der Waals surface area contributed by atoms with Crippen molar-refractivity contribution in [1.29, 1.82) is 0 Å². The number of hydrogen-bond donors (Lipinski definition) is 4. The Balaban J connectivity index is 1.67. The molecule has 4 rings (SSSR count). The van der Waals surface area contributed by atoms with E-state index in [2.05, 4.69) is 4.98 Å². The molecule has 0 saturated carbocycles. The van der Waals surface area contributed by atoms with E-state index >= 15 is 0 Å². The second kappa shape index (κ2) is 6.95. The fourth-order valence-electron chi connectivity index (χ4n) is 3.20. The van der Waals surface area contributed by atoms with E-state index in [0.29, 0.717) is 22.7 Å². The Hall–Kier alpha value is -2.43. The number of aromatic nitrogens is 1. The van der Waals surface area contributed by atoms with Gasteiger partial charge in [-0.15, -0.1) is 0 Å². The number of aliphatic hydroxyl groups excluding tert-OH is 4. The Kier molecular flexibility index (Phi) is 4.62. The van der Waals surface area contributed by atoms with E-state index in [0.717, 1.165) is 10.8 Å². The van der Waals surface area contributed by atoms with Gasteiger partial charge in [-0.2, -0.15) is 0 Å². The first-order valence-corrected chi connectivity index (χ1v) is 8.35. The zero-order valence-electron chi connectivity index (χ0n) is 14.3. The highest BCUT2D eigenvalue weighted by molar-refractivity contribution is 5.99. The van der Waals surface area contributed by atoms with Gasteiger partial charge in [0.05, 0.1) is 30.9 Å². The van der Waals surface area contributed by atoms with Crippen LogP contribution >= 0.6 is 0 Å². The summed E-state index contributed by atoms with van der Waals surface area (Å²) in [6.07, 6.45) is -5.25. The van der Waals surface area contributed by atoms with Crippen molar-refractivity contribution in [2.45, 2.75) is 30.7 Å². The molecule has 0 unspecified atom stereocenters. The van der Waals surface area contributed by atoms with Crippen LogP contribution in [0.3, 0.4) is 0 Å². The molecule has 0 spiro atoms. The molecule has 1 aromatic carbocycles. The molecular formula is C18H19NO8. The van der Waals surface area contributed by atoms with Crippen molar-refractivity contribution >= 4 is 22.0 Å². The Labute approximate surface area is 153 Å². The number of rotatable bonds is 4. The Bertz CT molecular complexity index is 955. The molecule has 1 aliphatic rings. The normalized spacial score (nSPS) is 28.6. The second-order valence-corrected chi connectivity index (χ2v) is 6.28. The van der Waals surface area contributed by atoms with Crippen molar-refractivity contribution < 1.29 is 39.1 Å². The summed E-state index contributed by atoms with van der Waals surface area (Å²) in [7, 11) is 1.56. The van der Waals surface area contributed by atoms with E-state index in [4.69, 9.17) is 18.6 Å². The summed E-state index contributed by atoms with van der Waals surface area (Å²) in [6, 6.07) is 6.76. The van der Waals surface area contributed by atoms with E-state index in [-0.39, 0.29) is 0 Å². The molecule has 2 aromatic heterocycles. The Morgan fingerprint density at radius 2 is 1.89 bits per heavy atom. The van der Waals surface area contributed by atoms with Crippen LogP contribution in [0.5, 0.6) is 11.5 Å². The summed E-state index contributed by atoms with van der Waals surface area (Å²) in [4.78, 5) is 4.42. The third-order valence-corrected chi connectivity index (χ3v) is 4.63. The Morgan fingerprint density at radius 1 is 1.07 bits per heavy atom. The number of nitrogens with zero attached hydrogens (tertiary/aromatic N) is 1. The van der Waals surface area contributed by atoms with Gasteiger partial charge in [0, 0.05) is 11.5 Å². The van der Waals surface area contributed by atoms with Crippen LogP contribution in [-0.4, -0.2) is 69.8 Å². The molecular weight excluding hydrogens is 358 g/mol. The summed E-state index contributed by atoms with van der Waals surface area (Å²) in [6.45, 7) is -0.530. The lowest BCUT2D eigenvalue weighted by atomic mass is 9.99. The summed E-state index contributed by atoms with van der Waals surface area (Å²) in [5.41, 5.74) is 0.945. The molecule has 9 nitrogen and oxygen atoms in total. The van der Waals surface area contributed by atoms with Crippen molar-refractivity contribution in [3.63, 3.8) is 0 Å². The van der Waals surface area contributed by atoms with Crippen LogP contribution in [0.2, 0.25) is 0 Å². The van der Waals surface area contributed by atoms with Crippen LogP contribution in [0.4, 0.5) is 0 Å². The molecule has 0 amide bonds. The minimum absolute atomic E-state index is 0.312. The van der Waals surface area contributed by atoms with Gasteiger partial charge in [-0.05, 0) is 18.2 Å². The van der Waals surface area contributed by atoms with E-state index in [1.807, 2.05) is 0 Å². The van der Waals surface area contributed by atoms with Crippen molar-refractivity contribution in [2.75, 3.05) is 13.7 Å². The average molecular weight is 377 g/mol. The number of hydrogen-bond acceptors (Lipinski definition) is 9. The molecule has 1 aliphatic heterocycles. The molecule has 144 valence electrons. The maximum Gasteiger partial charge on any atom is 0.230 e. The van der Waals surface area contributed by atoms with Crippen LogP contribution in [0.25, 0.3) is 22.0 Å². The van der Waals surface area contributed by atoms with Crippen LogP contribution in [-0.2, 0) is 4.74 Å². The first-order valence-electron chi connectivity index (χ1n) is 8.35. The van der Waals surface area contributed by atoms with Crippen LogP contribution in [0.1, 0.15) is 0 Å². The summed E-state index contributed by atoms with van der Waals surface area (Å²) in [5, 5.41) is 40.6. The summed E-state index contributed by atoms with van der Waals surface area (Å²) < 4.78 is 21.8. The molecule has 0 radical (unpaired) electrons. The van der Waals surface area contributed by atoms with Gasteiger partial charge < -0.3 is 39.1 Å².